The minimum atomic E-state index is -0.500. The summed E-state index contributed by atoms with van der Waals surface area (Å²) in [5, 5.41) is 8.93. The number of aliphatic hydroxyl groups is 1. The van der Waals surface area contributed by atoms with Crippen molar-refractivity contribution in [1.29, 1.82) is 0 Å². The highest BCUT2D eigenvalue weighted by molar-refractivity contribution is 5.62. The minimum absolute atomic E-state index is 0.0362. The van der Waals surface area contributed by atoms with E-state index >= 15 is 0 Å². The highest BCUT2D eigenvalue weighted by atomic mass is 16.3. The number of hydrogen-bond acceptors (Lipinski definition) is 5. The molecular formula is C12H22N4O3. The maximum atomic E-state index is 12.0. The molecule has 19 heavy (non-hydrogen) atoms. The number of nitrogens with one attached hydrogen (secondary N) is 1. The molecule has 1 heterocycles. The zero-order chi connectivity index (χ0) is 14.6. The predicted molar refractivity (Wildman–Crippen MR) is 75.6 cm³/mol. The predicted octanol–water partition coefficient (Wildman–Crippen LogP) is -0.264. The molecule has 7 nitrogen and oxygen atoms in total. The first-order valence-electron chi connectivity index (χ1n) is 6.44. The number of aromatic nitrogens is 2. The van der Waals surface area contributed by atoms with E-state index in [0.717, 1.165) is 0 Å². The number of nitrogens with two attached hydrogens (primary N) is 1. The third kappa shape index (κ3) is 3.17. The summed E-state index contributed by atoms with van der Waals surface area (Å²) in [5.74, 6) is 0.169. The largest absolute Gasteiger partial charge is 0.396 e. The van der Waals surface area contributed by atoms with Crippen LogP contribution in [-0.2, 0) is 6.54 Å². The van der Waals surface area contributed by atoms with Crippen LogP contribution < -0.4 is 21.9 Å². The van der Waals surface area contributed by atoms with Crippen LogP contribution in [-0.4, -0.2) is 33.9 Å². The van der Waals surface area contributed by atoms with E-state index in [-0.39, 0.29) is 18.5 Å². The van der Waals surface area contributed by atoms with Gasteiger partial charge in [0, 0.05) is 25.7 Å². The second-order valence-electron chi connectivity index (χ2n) is 4.60. The molecule has 0 saturated carbocycles. The van der Waals surface area contributed by atoms with Crippen LogP contribution in [0, 0.1) is 0 Å². The van der Waals surface area contributed by atoms with E-state index in [1.54, 1.807) is 11.8 Å². The normalized spacial score (nSPS) is 11.0. The van der Waals surface area contributed by atoms with Crippen molar-refractivity contribution in [3.05, 3.63) is 20.8 Å². The Kier molecular flexibility index (Phi) is 5.17. The summed E-state index contributed by atoms with van der Waals surface area (Å²) in [7, 11) is 0. The molecule has 1 aromatic rings. The number of nitrogen functional groups attached to an aromatic ring is 1. The summed E-state index contributed by atoms with van der Waals surface area (Å²) in [6.45, 7) is 6.57. The van der Waals surface area contributed by atoms with Crippen molar-refractivity contribution < 1.29 is 5.11 Å². The standard InChI is InChI=1S/C12H22N4O3/c1-4-15-10(13)9(11(18)14-12(15)19)16(8(2)3)6-5-7-17/h8,17H,4-7,13H2,1-3H3,(H,14,18,19). The zero-order valence-corrected chi connectivity index (χ0v) is 11.6. The summed E-state index contributed by atoms with van der Waals surface area (Å²) in [5.41, 5.74) is 5.25. The summed E-state index contributed by atoms with van der Waals surface area (Å²) < 4.78 is 1.32. The van der Waals surface area contributed by atoms with Crippen molar-refractivity contribution >= 4 is 11.5 Å². The van der Waals surface area contributed by atoms with Crippen LogP contribution in [0.1, 0.15) is 27.2 Å². The molecule has 0 unspecified atom stereocenters. The van der Waals surface area contributed by atoms with Crippen LogP contribution in [0.3, 0.4) is 0 Å². The molecule has 0 aromatic carbocycles. The Hall–Kier alpha value is -1.76. The van der Waals surface area contributed by atoms with Gasteiger partial charge in [0.05, 0.1) is 0 Å². The maximum Gasteiger partial charge on any atom is 0.330 e. The molecule has 0 fully saturated rings. The van der Waals surface area contributed by atoms with Gasteiger partial charge in [0.1, 0.15) is 11.5 Å². The third-order valence-electron chi connectivity index (χ3n) is 3.00. The Balaban J connectivity index is 3.38. The molecule has 0 bridgehead atoms. The van der Waals surface area contributed by atoms with Crippen LogP contribution in [0.5, 0.6) is 0 Å². The highest BCUT2D eigenvalue weighted by Crippen LogP contribution is 2.19. The molecule has 108 valence electrons. The van der Waals surface area contributed by atoms with Gasteiger partial charge in [-0.15, -0.1) is 0 Å². The van der Waals surface area contributed by atoms with E-state index < -0.39 is 11.2 Å². The topological polar surface area (TPSA) is 104 Å². The van der Waals surface area contributed by atoms with Crippen molar-refractivity contribution in [2.24, 2.45) is 0 Å². The lowest BCUT2D eigenvalue weighted by molar-refractivity contribution is 0.288. The molecule has 1 aromatic heterocycles. The zero-order valence-electron chi connectivity index (χ0n) is 11.6. The highest BCUT2D eigenvalue weighted by Gasteiger charge is 2.20. The van der Waals surface area contributed by atoms with Gasteiger partial charge in [-0.3, -0.25) is 14.3 Å². The van der Waals surface area contributed by atoms with Crippen LogP contribution >= 0.6 is 0 Å². The van der Waals surface area contributed by atoms with Crippen LogP contribution in [0.15, 0.2) is 9.59 Å². The molecule has 0 aliphatic carbocycles. The Labute approximate surface area is 111 Å². The van der Waals surface area contributed by atoms with Gasteiger partial charge < -0.3 is 15.7 Å². The number of rotatable bonds is 6. The lowest BCUT2D eigenvalue weighted by Crippen LogP contribution is -2.41. The van der Waals surface area contributed by atoms with E-state index in [2.05, 4.69) is 4.98 Å². The van der Waals surface area contributed by atoms with Gasteiger partial charge in [0.15, 0.2) is 0 Å². The Morgan fingerprint density at radius 3 is 2.53 bits per heavy atom. The van der Waals surface area contributed by atoms with Gasteiger partial charge in [0.2, 0.25) is 0 Å². The molecule has 4 N–H and O–H groups in total. The first kappa shape index (κ1) is 15.3. The maximum absolute atomic E-state index is 12.0. The molecule has 0 radical (unpaired) electrons. The molecular weight excluding hydrogens is 248 g/mol. The molecule has 0 amide bonds. The average Bonchev–Trinajstić information content (AvgIpc) is 2.32. The van der Waals surface area contributed by atoms with E-state index in [1.807, 2.05) is 13.8 Å². The lowest BCUT2D eigenvalue weighted by Gasteiger charge is -2.29. The van der Waals surface area contributed by atoms with E-state index in [0.29, 0.717) is 25.2 Å². The van der Waals surface area contributed by atoms with Crippen molar-refractivity contribution in [3.63, 3.8) is 0 Å². The van der Waals surface area contributed by atoms with Gasteiger partial charge >= 0.3 is 5.69 Å². The fourth-order valence-corrected chi connectivity index (χ4v) is 2.04. The number of aliphatic hydroxyl groups excluding tert-OH is 1. The molecule has 0 atom stereocenters. The van der Waals surface area contributed by atoms with Gasteiger partial charge in [-0.25, -0.2) is 4.79 Å². The summed E-state index contributed by atoms with van der Waals surface area (Å²) in [4.78, 5) is 27.7. The van der Waals surface area contributed by atoms with Gasteiger partial charge in [0.25, 0.3) is 5.56 Å². The van der Waals surface area contributed by atoms with Crippen molar-refractivity contribution in [2.45, 2.75) is 39.8 Å². The Morgan fingerprint density at radius 1 is 1.42 bits per heavy atom. The Bertz CT molecular complexity index is 533. The smallest absolute Gasteiger partial charge is 0.330 e. The van der Waals surface area contributed by atoms with Gasteiger partial charge in [-0.1, -0.05) is 0 Å². The van der Waals surface area contributed by atoms with Gasteiger partial charge in [-0.2, -0.15) is 0 Å². The quantitative estimate of drug-likeness (QED) is 0.660. The van der Waals surface area contributed by atoms with E-state index in [1.165, 1.54) is 4.57 Å². The molecule has 0 aliphatic heterocycles. The summed E-state index contributed by atoms with van der Waals surface area (Å²) >= 11 is 0. The number of H-pyrrole nitrogens is 1. The van der Waals surface area contributed by atoms with Crippen molar-refractivity contribution in [3.8, 4) is 0 Å². The van der Waals surface area contributed by atoms with Crippen LogP contribution in [0.2, 0.25) is 0 Å². The van der Waals surface area contributed by atoms with E-state index in [9.17, 15) is 9.59 Å². The molecule has 0 saturated heterocycles. The van der Waals surface area contributed by atoms with Gasteiger partial charge in [-0.05, 0) is 27.2 Å². The number of nitrogens with zero attached hydrogens (tertiary/aromatic N) is 2. The second kappa shape index (κ2) is 6.42. The summed E-state index contributed by atoms with van der Waals surface area (Å²) in [6, 6.07) is 0.0396. The fourth-order valence-electron chi connectivity index (χ4n) is 2.04. The monoisotopic (exact) mass is 270 g/mol. The second-order valence-corrected chi connectivity index (χ2v) is 4.60. The molecule has 0 spiro atoms. The first-order chi connectivity index (χ1) is 8.93. The van der Waals surface area contributed by atoms with Crippen LogP contribution in [0.25, 0.3) is 0 Å². The van der Waals surface area contributed by atoms with Crippen LogP contribution in [0.4, 0.5) is 11.5 Å². The Morgan fingerprint density at radius 2 is 2.05 bits per heavy atom. The van der Waals surface area contributed by atoms with Crippen molar-refractivity contribution in [1.82, 2.24) is 9.55 Å². The lowest BCUT2D eigenvalue weighted by atomic mass is 10.2. The number of anilines is 2. The minimum Gasteiger partial charge on any atom is -0.396 e. The average molecular weight is 270 g/mol. The number of hydrogen-bond donors (Lipinski definition) is 3. The first-order valence-corrected chi connectivity index (χ1v) is 6.44. The fraction of sp³-hybridized carbons (Fsp3) is 0.667. The molecule has 7 heteroatoms. The van der Waals surface area contributed by atoms with E-state index in [4.69, 9.17) is 10.8 Å². The molecule has 0 aliphatic rings. The summed E-state index contributed by atoms with van der Waals surface area (Å²) in [6.07, 6.45) is 0.530. The third-order valence-corrected chi connectivity index (χ3v) is 3.00. The molecule has 1 rings (SSSR count). The SMILES string of the molecule is CCn1c(N)c(N(CCCO)C(C)C)c(=O)[nH]c1=O. The number of aromatic amines is 1. The van der Waals surface area contributed by atoms with Crippen molar-refractivity contribution in [2.75, 3.05) is 23.8 Å².